The van der Waals surface area contributed by atoms with E-state index < -0.39 is 0 Å². The SMILES string of the molecule is Cc1nn(-c2ccccc2Cl)c2sc(C(=O)N3CCCC3CN)cc12.Cl. The third-order valence-corrected chi connectivity index (χ3v) is 6.16. The van der Waals surface area contributed by atoms with Crippen LogP contribution in [-0.4, -0.2) is 39.7 Å². The molecule has 26 heavy (non-hydrogen) atoms. The summed E-state index contributed by atoms with van der Waals surface area (Å²) in [7, 11) is 0. The van der Waals surface area contributed by atoms with E-state index in [4.69, 9.17) is 17.3 Å². The Balaban J connectivity index is 0.00000196. The predicted molar refractivity (Wildman–Crippen MR) is 109 cm³/mol. The zero-order valence-electron chi connectivity index (χ0n) is 14.3. The first-order chi connectivity index (χ1) is 12.1. The molecule has 2 N–H and O–H groups in total. The fourth-order valence-corrected chi connectivity index (χ4v) is 4.78. The molecule has 3 aromatic rings. The second-order valence-corrected chi connectivity index (χ2v) is 7.75. The van der Waals surface area contributed by atoms with Crippen molar-refractivity contribution in [2.75, 3.05) is 13.1 Å². The van der Waals surface area contributed by atoms with Gasteiger partial charge in [-0.25, -0.2) is 4.68 Å². The van der Waals surface area contributed by atoms with Gasteiger partial charge < -0.3 is 10.6 Å². The highest BCUT2D eigenvalue weighted by Crippen LogP contribution is 2.33. The van der Waals surface area contributed by atoms with E-state index in [2.05, 4.69) is 5.10 Å². The maximum Gasteiger partial charge on any atom is 0.264 e. The second-order valence-electron chi connectivity index (χ2n) is 6.31. The van der Waals surface area contributed by atoms with Gasteiger partial charge in [0, 0.05) is 24.5 Å². The van der Waals surface area contributed by atoms with E-state index in [0.29, 0.717) is 11.6 Å². The van der Waals surface area contributed by atoms with Crippen molar-refractivity contribution in [2.45, 2.75) is 25.8 Å². The number of likely N-dealkylation sites (tertiary alicyclic amines) is 1. The molecule has 8 heteroatoms. The molecule has 0 bridgehead atoms. The van der Waals surface area contributed by atoms with Crippen LogP contribution in [0.4, 0.5) is 0 Å². The zero-order valence-corrected chi connectivity index (χ0v) is 16.7. The molecule has 0 aliphatic carbocycles. The van der Waals surface area contributed by atoms with Crippen LogP contribution in [0.5, 0.6) is 0 Å². The molecule has 0 saturated carbocycles. The van der Waals surface area contributed by atoms with Gasteiger partial charge in [0.1, 0.15) is 4.83 Å². The van der Waals surface area contributed by atoms with Gasteiger partial charge in [0.15, 0.2) is 0 Å². The quantitative estimate of drug-likeness (QED) is 0.708. The fraction of sp³-hybridized carbons (Fsp3) is 0.333. The molecular formula is C18H20Cl2N4OS. The lowest BCUT2D eigenvalue weighted by Crippen LogP contribution is -2.39. The summed E-state index contributed by atoms with van der Waals surface area (Å²) in [5.41, 5.74) is 7.53. The monoisotopic (exact) mass is 410 g/mol. The molecule has 1 aromatic carbocycles. The van der Waals surface area contributed by atoms with E-state index in [-0.39, 0.29) is 24.4 Å². The molecule has 1 aliphatic heterocycles. The van der Waals surface area contributed by atoms with E-state index in [1.54, 1.807) is 0 Å². The first kappa shape index (κ1) is 19.2. The van der Waals surface area contributed by atoms with Crippen LogP contribution in [0, 0.1) is 6.92 Å². The van der Waals surface area contributed by atoms with Gasteiger partial charge in [-0.05, 0) is 38.0 Å². The number of amides is 1. The normalized spacial score (nSPS) is 16.9. The number of rotatable bonds is 3. The smallest absolute Gasteiger partial charge is 0.264 e. The van der Waals surface area contributed by atoms with Crippen molar-refractivity contribution in [1.82, 2.24) is 14.7 Å². The zero-order chi connectivity index (χ0) is 17.6. The molecule has 1 fully saturated rings. The molecule has 3 heterocycles. The Morgan fingerprint density at radius 1 is 1.42 bits per heavy atom. The molecule has 5 nitrogen and oxygen atoms in total. The minimum Gasteiger partial charge on any atom is -0.334 e. The average molecular weight is 411 g/mol. The van der Waals surface area contributed by atoms with Gasteiger partial charge in [0.05, 0.1) is 21.3 Å². The highest BCUT2D eigenvalue weighted by molar-refractivity contribution is 7.20. The molecule has 1 amide bonds. The van der Waals surface area contributed by atoms with Crippen molar-refractivity contribution in [3.8, 4) is 5.69 Å². The topological polar surface area (TPSA) is 64.2 Å². The van der Waals surface area contributed by atoms with Crippen LogP contribution in [0.3, 0.4) is 0 Å². The van der Waals surface area contributed by atoms with E-state index in [9.17, 15) is 4.79 Å². The minimum atomic E-state index is 0. The van der Waals surface area contributed by atoms with Gasteiger partial charge in [-0.1, -0.05) is 23.7 Å². The largest absolute Gasteiger partial charge is 0.334 e. The number of para-hydroxylation sites is 1. The molecule has 0 spiro atoms. The average Bonchev–Trinajstić information content (AvgIpc) is 3.31. The molecular weight excluding hydrogens is 391 g/mol. The number of carbonyl (C=O) groups is 1. The Labute approximate surface area is 167 Å². The standard InChI is InChI=1S/C18H19ClN4OS.ClH/c1-11-13-9-16(17(24)22-8-4-5-12(22)10-20)25-18(13)23(21-11)15-7-3-2-6-14(15)19;/h2-3,6-7,9,12H,4-5,8,10,20H2,1H3;1H. The predicted octanol–water partition coefficient (Wildman–Crippen LogP) is 4.03. The summed E-state index contributed by atoms with van der Waals surface area (Å²) in [6.45, 7) is 3.25. The number of aromatic nitrogens is 2. The second kappa shape index (κ2) is 7.56. The molecule has 2 aromatic heterocycles. The fourth-order valence-electron chi connectivity index (χ4n) is 3.43. The summed E-state index contributed by atoms with van der Waals surface area (Å²) in [5, 5.41) is 6.24. The number of thiophene rings is 1. The number of aryl methyl sites for hydroxylation is 1. The number of nitrogens with zero attached hydrogens (tertiary/aromatic N) is 3. The summed E-state index contributed by atoms with van der Waals surface area (Å²) in [6, 6.07) is 9.70. The lowest BCUT2D eigenvalue weighted by atomic mass is 10.2. The Kier molecular flexibility index (Phi) is 5.58. The lowest BCUT2D eigenvalue weighted by molar-refractivity contribution is 0.0746. The number of benzene rings is 1. The van der Waals surface area contributed by atoms with Gasteiger partial charge in [-0.2, -0.15) is 5.10 Å². The van der Waals surface area contributed by atoms with Gasteiger partial charge in [0.2, 0.25) is 0 Å². The van der Waals surface area contributed by atoms with Crippen molar-refractivity contribution in [2.24, 2.45) is 5.73 Å². The minimum absolute atomic E-state index is 0. The van der Waals surface area contributed by atoms with Gasteiger partial charge in [0.25, 0.3) is 5.91 Å². The summed E-state index contributed by atoms with van der Waals surface area (Å²) in [5.74, 6) is 0.0688. The molecule has 4 rings (SSSR count). The van der Waals surface area contributed by atoms with Gasteiger partial charge >= 0.3 is 0 Å². The first-order valence-electron chi connectivity index (χ1n) is 8.35. The summed E-state index contributed by atoms with van der Waals surface area (Å²) < 4.78 is 1.83. The number of carbonyl (C=O) groups excluding carboxylic acids is 1. The maximum absolute atomic E-state index is 12.9. The summed E-state index contributed by atoms with van der Waals surface area (Å²) in [4.78, 5) is 16.5. The third-order valence-electron chi connectivity index (χ3n) is 4.75. The van der Waals surface area contributed by atoms with E-state index in [0.717, 1.165) is 45.9 Å². The van der Waals surface area contributed by atoms with Crippen LogP contribution in [-0.2, 0) is 0 Å². The maximum atomic E-state index is 12.9. The van der Waals surface area contributed by atoms with Crippen molar-refractivity contribution in [1.29, 1.82) is 0 Å². The van der Waals surface area contributed by atoms with Crippen molar-refractivity contribution >= 4 is 51.5 Å². The number of halogens is 2. The highest BCUT2D eigenvalue weighted by atomic mass is 35.5. The highest BCUT2D eigenvalue weighted by Gasteiger charge is 2.30. The third kappa shape index (κ3) is 3.11. The van der Waals surface area contributed by atoms with E-state index in [1.807, 2.05) is 46.8 Å². The number of nitrogens with two attached hydrogens (primary N) is 1. The van der Waals surface area contributed by atoms with Crippen LogP contribution < -0.4 is 5.73 Å². The van der Waals surface area contributed by atoms with Crippen molar-refractivity contribution in [3.63, 3.8) is 0 Å². The van der Waals surface area contributed by atoms with E-state index >= 15 is 0 Å². The molecule has 1 saturated heterocycles. The molecule has 138 valence electrons. The first-order valence-corrected chi connectivity index (χ1v) is 9.54. The molecule has 1 unspecified atom stereocenters. The van der Waals surface area contributed by atoms with Crippen LogP contribution in [0.15, 0.2) is 30.3 Å². The van der Waals surface area contributed by atoms with Crippen molar-refractivity contribution < 1.29 is 4.79 Å². The summed E-state index contributed by atoms with van der Waals surface area (Å²) >= 11 is 7.80. The molecule has 1 atom stereocenters. The van der Waals surface area contributed by atoms with Crippen molar-refractivity contribution in [3.05, 3.63) is 45.9 Å². The lowest BCUT2D eigenvalue weighted by Gasteiger charge is -2.22. The van der Waals surface area contributed by atoms with Crippen LogP contribution in [0.25, 0.3) is 15.9 Å². The molecule has 0 radical (unpaired) electrons. The number of hydrogen-bond acceptors (Lipinski definition) is 4. The Bertz CT molecular complexity index is 952. The van der Waals surface area contributed by atoms with Gasteiger partial charge in [-0.15, -0.1) is 23.7 Å². The van der Waals surface area contributed by atoms with Crippen LogP contribution in [0.2, 0.25) is 5.02 Å². The number of hydrogen-bond donors (Lipinski definition) is 1. The van der Waals surface area contributed by atoms with Crippen LogP contribution in [0.1, 0.15) is 28.2 Å². The van der Waals surface area contributed by atoms with E-state index in [1.165, 1.54) is 11.3 Å². The van der Waals surface area contributed by atoms with Gasteiger partial charge in [-0.3, -0.25) is 4.79 Å². The summed E-state index contributed by atoms with van der Waals surface area (Å²) in [6.07, 6.45) is 2.00. The van der Waals surface area contributed by atoms with Crippen LogP contribution >= 0.6 is 35.3 Å². The number of fused-ring (bicyclic) bond motifs is 1. The Morgan fingerprint density at radius 3 is 2.92 bits per heavy atom. The Hall–Kier alpha value is -1.60. The Morgan fingerprint density at radius 2 is 2.19 bits per heavy atom. The molecule has 1 aliphatic rings.